The van der Waals surface area contributed by atoms with Crippen molar-refractivity contribution in [2.45, 2.75) is 17.1 Å². The molecule has 1 unspecified atom stereocenters. The first-order chi connectivity index (χ1) is 23.2. The average Bonchev–Trinajstić information content (AvgIpc) is 3.57. The molecular formula is C35H29N5O6S2. The maximum Gasteiger partial charge on any atom is 0.272 e. The van der Waals surface area contributed by atoms with Crippen LogP contribution in [-0.4, -0.2) is 40.0 Å². The predicted octanol–water partition coefficient (Wildman–Crippen LogP) is 7.26. The highest BCUT2D eigenvalue weighted by Gasteiger charge is 2.19. The van der Waals surface area contributed by atoms with Crippen molar-refractivity contribution in [1.82, 2.24) is 10.3 Å². The lowest BCUT2D eigenvalue weighted by Gasteiger charge is -2.13. The molecule has 0 saturated carbocycles. The van der Waals surface area contributed by atoms with Gasteiger partial charge in [-0.15, -0.1) is 23.1 Å². The number of hydrogen-bond acceptors (Lipinski definition) is 9. The molecule has 5 aromatic rings. The van der Waals surface area contributed by atoms with Gasteiger partial charge in [-0.2, -0.15) is 0 Å². The van der Waals surface area contributed by atoms with Crippen LogP contribution in [0.5, 0.6) is 5.75 Å². The minimum Gasteiger partial charge on any atom is -0.496 e. The number of carbonyl (C=O) groups is 3. The topological polar surface area (TPSA) is 153 Å². The molecule has 0 bridgehead atoms. The Hall–Kier alpha value is -5.79. The van der Waals surface area contributed by atoms with Crippen molar-refractivity contribution in [1.29, 1.82) is 0 Å². The number of nitro groups is 1. The lowest BCUT2D eigenvalue weighted by Crippen LogP contribution is -2.30. The summed E-state index contributed by atoms with van der Waals surface area (Å²) >= 11 is 2.54. The highest BCUT2D eigenvalue weighted by Crippen LogP contribution is 2.30. The Kier molecular flexibility index (Phi) is 11.0. The summed E-state index contributed by atoms with van der Waals surface area (Å²) in [4.78, 5) is 55.1. The van der Waals surface area contributed by atoms with Crippen LogP contribution in [0.4, 0.5) is 16.5 Å². The number of amides is 3. The minimum atomic E-state index is -0.536. The van der Waals surface area contributed by atoms with Crippen LogP contribution < -0.4 is 20.7 Å². The van der Waals surface area contributed by atoms with E-state index in [1.165, 1.54) is 42.3 Å². The van der Waals surface area contributed by atoms with Crippen LogP contribution in [0.3, 0.4) is 0 Å². The second-order valence-corrected chi connectivity index (χ2v) is 12.5. The lowest BCUT2D eigenvalue weighted by atomic mass is 10.1. The number of thioether (sulfide) groups is 1. The Labute approximate surface area is 284 Å². The summed E-state index contributed by atoms with van der Waals surface area (Å²) in [5, 5.41) is 21.1. The van der Waals surface area contributed by atoms with Gasteiger partial charge in [-0.05, 0) is 55.5 Å². The number of nitrogens with one attached hydrogen (secondary N) is 3. The fraction of sp³-hybridized carbons (Fsp3) is 0.0857. The largest absolute Gasteiger partial charge is 0.496 e. The van der Waals surface area contributed by atoms with E-state index in [2.05, 4.69) is 20.9 Å². The Morgan fingerprint density at radius 3 is 2.40 bits per heavy atom. The van der Waals surface area contributed by atoms with Crippen LogP contribution in [0.1, 0.15) is 22.8 Å². The molecule has 242 valence electrons. The molecule has 0 spiro atoms. The van der Waals surface area contributed by atoms with Crippen LogP contribution in [0, 0.1) is 10.1 Å². The second-order valence-electron chi connectivity index (χ2n) is 10.2. The van der Waals surface area contributed by atoms with Crippen molar-refractivity contribution < 1.29 is 24.0 Å². The van der Waals surface area contributed by atoms with Crippen molar-refractivity contribution >= 4 is 63.4 Å². The molecule has 0 fully saturated rings. The van der Waals surface area contributed by atoms with Gasteiger partial charge in [0.1, 0.15) is 11.4 Å². The van der Waals surface area contributed by atoms with Gasteiger partial charge in [0.15, 0.2) is 5.13 Å². The molecule has 1 aromatic heterocycles. The summed E-state index contributed by atoms with van der Waals surface area (Å²) < 4.78 is 5.42. The monoisotopic (exact) mass is 679 g/mol. The van der Waals surface area contributed by atoms with Gasteiger partial charge < -0.3 is 20.7 Å². The van der Waals surface area contributed by atoms with E-state index in [1.54, 1.807) is 109 Å². The smallest absolute Gasteiger partial charge is 0.272 e. The number of methoxy groups -OCH3 is 1. The van der Waals surface area contributed by atoms with E-state index in [-0.39, 0.29) is 17.3 Å². The number of nitrogens with zero attached hydrogens (tertiary/aromatic N) is 2. The van der Waals surface area contributed by atoms with Gasteiger partial charge in [0.05, 0.1) is 23.0 Å². The highest BCUT2D eigenvalue weighted by molar-refractivity contribution is 8.00. The molecule has 11 nitrogen and oxygen atoms in total. The average molecular weight is 680 g/mol. The number of rotatable bonds is 12. The molecule has 13 heteroatoms. The van der Waals surface area contributed by atoms with E-state index < -0.39 is 22.0 Å². The molecule has 0 aliphatic rings. The van der Waals surface area contributed by atoms with Crippen LogP contribution in [0.15, 0.2) is 119 Å². The number of anilines is 2. The number of hydrogen-bond donors (Lipinski definition) is 3. The van der Waals surface area contributed by atoms with Crippen LogP contribution in [0.2, 0.25) is 0 Å². The standard InChI is InChI=1S/C35H29N5O6S2/c1-22(32(41)39-35-38-30(21-47-35)24-12-8-13-27(19-24)40(44)45)48-28-17-15-26(16-18-28)36-34(43)29(20-25-11-6-7-14-31(25)46-2)37-33(42)23-9-4-3-5-10-23/h3-22H,1-2H3,(H,36,43)(H,37,42)(H,38,39,41)/b29-20-. The normalized spacial score (nSPS) is 11.7. The zero-order valence-electron chi connectivity index (χ0n) is 25.7. The summed E-state index contributed by atoms with van der Waals surface area (Å²) in [6.07, 6.45) is 1.55. The van der Waals surface area contributed by atoms with Crippen LogP contribution in [-0.2, 0) is 9.59 Å². The number of thiazole rings is 1. The van der Waals surface area contributed by atoms with Gasteiger partial charge >= 0.3 is 0 Å². The van der Waals surface area contributed by atoms with Crippen molar-refractivity contribution in [3.63, 3.8) is 0 Å². The molecule has 3 N–H and O–H groups in total. The molecule has 0 saturated heterocycles. The maximum absolute atomic E-state index is 13.4. The number of nitro benzene ring substituents is 1. The zero-order chi connectivity index (χ0) is 34.0. The Morgan fingerprint density at radius 2 is 1.67 bits per heavy atom. The Balaban J connectivity index is 1.22. The van der Waals surface area contributed by atoms with Crippen molar-refractivity contribution in [2.24, 2.45) is 0 Å². The number of carbonyl (C=O) groups excluding carboxylic acids is 3. The van der Waals surface area contributed by atoms with Crippen LogP contribution >= 0.6 is 23.1 Å². The third kappa shape index (κ3) is 8.72. The molecule has 4 aromatic carbocycles. The minimum absolute atomic E-state index is 0.0212. The van der Waals surface area contributed by atoms with Gasteiger partial charge in [0, 0.05) is 44.8 Å². The van der Waals surface area contributed by atoms with Crippen LogP contribution in [0.25, 0.3) is 17.3 Å². The Morgan fingerprint density at radius 1 is 0.938 bits per heavy atom. The van der Waals surface area contributed by atoms with Gasteiger partial charge in [-0.25, -0.2) is 4.98 Å². The predicted molar refractivity (Wildman–Crippen MR) is 188 cm³/mol. The summed E-state index contributed by atoms with van der Waals surface area (Å²) in [5.41, 5.74) is 2.57. The molecule has 0 aliphatic carbocycles. The summed E-state index contributed by atoms with van der Waals surface area (Å²) in [6, 6.07) is 28.8. The highest BCUT2D eigenvalue weighted by atomic mass is 32.2. The van der Waals surface area contributed by atoms with E-state index in [9.17, 15) is 24.5 Å². The molecule has 0 aliphatic heterocycles. The van der Waals surface area contributed by atoms with Gasteiger partial charge in [-0.3, -0.25) is 24.5 Å². The van der Waals surface area contributed by atoms with Gasteiger partial charge in [0.25, 0.3) is 17.5 Å². The quantitative estimate of drug-likeness (QED) is 0.0539. The molecule has 0 radical (unpaired) electrons. The molecule has 1 atom stereocenters. The van der Waals surface area contributed by atoms with E-state index >= 15 is 0 Å². The fourth-order valence-electron chi connectivity index (χ4n) is 4.41. The summed E-state index contributed by atoms with van der Waals surface area (Å²) in [7, 11) is 1.52. The fourth-order valence-corrected chi connectivity index (χ4v) is 6.00. The third-order valence-electron chi connectivity index (χ3n) is 6.85. The Bertz CT molecular complexity index is 1980. The number of para-hydroxylation sites is 1. The van der Waals surface area contributed by atoms with Gasteiger partial charge in [-0.1, -0.05) is 48.5 Å². The van der Waals surface area contributed by atoms with E-state index in [0.717, 1.165) is 4.90 Å². The molecule has 1 heterocycles. The first-order valence-corrected chi connectivity index (χ1v) is 16.3. The third-order valence-corrected chi connectivity index (χ3v) is 8.72. The first kappa shape index (κ1) is 33.6. The number of aromatic nitrogens is 1. The van der Waals surface area contributed by atoms with E-state index in [4.69, 9.17) is 4.74 Å². The second kappa shape index (κ2) is 15.7. The summed E-state index contributed by atoms with van der Waals surface area (Å²) in [5.74, 6) is -0.707. The number of ether oxygens (including phenoxy) is 1. The van der Waals surface area contributed by atoms with Crippen molar-refractivity contribution in [2.75, 3.05) is 17.7 Å². The molecule has 3 amide bonds. The lowest BCUT2D eigenvalue weighted by molar-refractivity contribution is -0.384. The van der Waals surface area contributed by atoms with E-state index in [1.807, 2.05) is 0 Å². The number of benzene rings is 4. The van der Waals surface area contributed by atoms with Gasteiger partial charge in [0.2, 0.25) is 5.91 Å². The first-order valence-electron chi connectivity index (χ1n) is 14.5. The van der Waals surface area contributed by atoms with Crippen molar-refractivity contribution in [3.8, 4) is 17.0 Å². The molecular weight excluding hydrogens is 651 g/mol. The molecule has 5 rings (SSSR count). The molecule has 48 heavy (non-hydrogen) atoms. The number of non-ortho nitro benzene ring substituents is 1. The SMILES string of the molecule is COc1ccccc1/C=C(\NC(=O)c1ccccc1)C(=O)Nc1ccc(SC(C)C(=O)Nc2nc(-c3cccc([N+](=O)[O-])c3)cs2)cc1. The van der Waals surface area contributed by atoms with E-state index in [0.29, 0.717) is 39.0 Å². The van der Waals surface area contributed by atoms with Crippen molar-refractivity contribution in [3.05, 3.63) is 135 Å². The maximum atomic E-state index is 13.4. The summed E-state index contributed by atoms with van der Waals surface area (Å²) in [6.45, 7) is 1.76. The zero-order valence-corrected chi connectivity index (χ0v) is 27.3.